The number of aliphatic carboxylic acids is 1. The SMILES string of the molecule is C=C(COc1ccc(CCC(C)=O)cc1)C(=O)O. The van der Waals surface area contributed by atoms with Gasteiger partial charge in [0.15, 0.2) is 0 Å². The Kier molecular flexibility index (Phi) is 5.11. The molecule has 0 fully saturated rings. The molecule has 0 atom stereocenters. The maximum Gasteiger partial charge on any atom is 0.334 e. The Morgan fingerprint density at radius 3 is 2.39 bits per heavy atom. The number of aryl methyl sites for hydroxylation is 1. The van der Waals surface area contributed by atoms with Gasteiger partial charge in [0.1, 0.15) is 18.1 Å². The lowest BCUT2D eigenvalue weighted by molar-refractivity contribution is -0.133. The quantitative estimate of drug-likeness (QED) is 0.751. The van der Waals surface area contributed by atoms with Crippen LogP contribution in [0.25, 0.3) is 0 Å². The summed E-state index contributed by atoms with van der Waals surface area (Å²) in [5.74, 6) is -0.315. The van der Waals surface area contributed by atoms with Crippen molar-refractivity contribution in [2.75, 3.05) is 6.61 Å². The predicted molar refractivity (Wildman–Crippen MR) is 67.7 cm³/mol. The summed E-state index contributed by atoms with van der Waals surface area (Å²) in [6.45, 7) is 4.90. The van der Waals surface area contributed by atoms with Crippen LogP contribution in [0.5, 0.6) is 5.75 Å². The van der Waals surface area contributed by atoms with E-state index < -0.39 is 5.97 Å². The van der Waals surface area contributed by atoms with E-state index in [0.717, 1.165) is 5.56 Å². The van der Waals surface area contributed by atoms with Crippen LogP contribution in [-0.2, 0) is 16.0 Å². The van der Waals surface area contributed by atoms with Crippen LogP contribution in [0, 0.1) is 0 Å². The minimum Gasteiger partial charge on any atom is -0.489 e. The minimum atomic E-state index is -1.06. The van der Waals surface area contributed by atoms with Gasteiger partial charge < -0.3 is 14.6 Å². The number of hydrogen-bond acceptors (Lipinski definition) is 3. The zero-order chi connectivity index (χ0) is 13.5. The van der Waals surface area contributed by atoms with Crippen LogP contribution in [0.15, 0.2) is 36.4 Å². The molecule has 0 aromatic heterocycles. The summed E-state index contributed by atoms with van der Waals surface area (Å²) in [4.78, 5) is 21.3. The van der Waals surface area contributed by atoms with E-state index in [4.69, 9.17) is 9.84 Å². The van der Waals surface area contributed by atoms with E-state index in [1.54, 1.807) is 19.1 Å². The number of ketones is 1. The van der Waals surface area contributed by atoms with Crippen LogP contribution in [0.2, 0.25) is 0 Å². The summed E-state index contributed by atoms with van der Waals surface area (Å²) < 4.78 is 5.26. The van der Waals surface area contributed by atoms with Gasteiger partial charge in [-0.3, -0.25) is 0 Å². The van der Waals surface area contributed by atoms with E-state index >= 15 is 0 Å². The number of carboxylic acid groups (broad SMARTS) is 1. The fourth-order valence-electron chi connectivity index (χ4n) is 1.30. The third-order valence-corrected chi connectivity index (χ3v) is 2.40. The van der Waals surface area contributed by atoms with Crippen LogP contribution in [-0.4, -0.2) is 23.5 Å². The molecular weight excluding hydrogens is 232 g/mol. The molecule has 4 heteroatoms. The highest BCUT2D eigenvalue weighted by Crippen LogP contribution is 2.14. The number of carbonyl (C=O) groups is 2. The normalized spacial score (nSPS) is 9.83. The van der Waals surface area contributed by atoms with Crippen molar-refractivity contribution in [1.82, 2.24) is 0 Å². The number of ether oxygens (including phenoxy) is 1. The molecule has 0 aliphatic rings. The van der Waals surface area contributed by atoms with E-state index in [9.17, 15) is 9.59 Å². The summed E-state index contributed by atoms with van der Waals surface area (Å²) in [7, 11) is 0. The van der Waals surface area contributed by atoms with Crippen molar-refractivity contribution in [2.45, 2.75) is 19.8 Å². The first kappa shape index (κ1) is 14.0. The van der Waals surface area contributed by atoms with Crippen molar-refractivity contribution < 1.29 is 19.4 Å². The molecule has 1 aromatic carbocycles. The van der Waals surface area contributed by atoms with Crippen molar-refractivity contribution in [3.63, 3.8) is 0 Å². The zero-order valence-electron chi connectivity index (χ0n) is 10.3. The molecular formula is C14H16O4. The maximum absolute atomic E-state index is 10.8. The summed E-state index contributed by atoms with van der Waals surface area (Å²) in [5, 5.41) is 8.61. The van der Waals surface area contributed by atoms with E-state index in [1.807, 2.05) is 12.1 Å². The first-order valence-corrected chi connectivity index (χ1v) is 5.61. The summed E-state index contributed by atoms with van der Waals surface area (Å²) >= 11 is 0. The lowest BCUT2D eigenvalue weighted by Gasteiger charge is -2.06. The molecule has 0 radical (unpaired) electrons. The standard InChI is InChI=1S/C14H16O4/c1-10(14(16)17)9-18-13-7-5-12(6-8-13)4-3-11(2)15/h5-8H,1,3-4,9H2,2H3,(H,16,17). The first-order valence-electron chi connectivity index (χ1n) is 5.61. The van der Waals surface area contributed by atoms with Gasteiger partial charge in [-0.1, -0.05) is 18.7 Å². The summed E-state index contributed by atoms with van der Waals surface area (Å²) in [6, 6.07) is 7.23. The fraction of sp³-hybridized carbons (Fsp3) is 0.286. The molecule has 1 aromatic rings. The third-order valence-electron chi connectivity index (χ3n) is 2.40. The van der Waals surface area contributed by atoms with E-state index in [1.165, 1.54) is 0 Å². The van der Waals surface area contributed by atoms with Gasteiger partial charge in [-0.2, -0.15) is 0 Å². The number of rotatable bonds is 7. The molecule has 0 bridgehead atoms. The van der Waals surface area contributed by atoms with Crippen molar-refractivity contribution in [2.24, 2.45) is 0 Å². The zero-order valence-corrected chi connectivity index (χ0v) is 10.3. The Morgan fingerprint density at radius 2 is 1.89 bits per heavy atom. The van der Waals surface area contributed by atoms with Gasteiger partial charge in [-0.05, 0) is 31.0 Å². The van der Waals surface area contributed by atoms with Crippen molar-refractivity contribution >= 4 is 11.8 Å². The van der Waals surface area contributed by atoms with Gasteiger partial charge in [0.2, 0.25) is 0 Å². The Morgan fingerprint density at radius 1 is 1.28 bits per heavy atom. The molecule has 0 saturated carbocycles. The molecule has 0 aliphatic heterocycles. The predicted octanol–water partition coefficient (Wildman–Crippen LogP) is 2.23. The van der Waals surface area contributed by atoms with Gasteiger partial charge >= 0.3 is 5.97 Å². The van der Waals surface area contributed by atoms with Gasteiger partial charge in [-0.15, -0.1) is 0 Å². The van der Waals surface area contributed by atoms with Gasteiger partial charge in [0.25, 0.3) is 0 Å². The molecule has 0 saturated heterocycles. The number of Topliss-reactive ketones (excluding diaryl/α,β-unsaturated/α-hetero) is 1. The second-order valence-electron chi connectivity index (χ2n) is 4.04. The number of carboxylic acids is 1. The molecule has 0 aliphatic carbocycles. The third kappa shape index (κ3) is 4.82. The highest BCUT2D eigenvalue weighted by molar-refractivity contribution is 5.86. The topological polar surface area (TPSA) is 63.6 Å². The number of hydrogen-bond donors (Lipinski definition) is 1. The monoisotopic (exact) mass is 248 g/mol. The highest BCUT2D eigenvalue weighted by Gasteiger charge is 2.04. The van der Waals surface area contributed by atoms with Crippen LogP contribution in [0.3, 0.4) is 0 Å². The summed E-state index contributed by atoms with van der Waals surface area (Å²) in [5.41, 5.74) is 1.06. The second-order valence-corrected chi connectivity index (χ2v) is 4.04. The lowest BCUT2D eigenvalue weighted by atomic mass is 10.1. The van der Waals surface area contributed by atoms with Crippen molar-refractivity contribution in [3.8, 4) is 5.75 Å². The summed E-state index contributed by atoms with van der Waals surface area (Å²) in [6.07, 6.45) is 1.23. The van der Waals surface area contributed by atoms with E-state index in [0.29, 0.717) is 18.6 Å². The first-order chi connectivity index (χ1) is 8.49. The van der Waals surface area contributed by atoms with E-state index in [2.05, 4.69) is 6.58 Å². The second kappa shape index (κ2) is 6.59. The molecule has 4 nitrogen and oxygen atoms in total. The smallest absolute Gasteiger partial charge is 0.334 e. The number of carbonyl (C=O) groups excluding carboxylic acids is 1. The highest BCUT2D eigenvalue weighted by atomic mass is 16.5. The molecule has 96 valence electrons. The Balaban J connectivity index is 2.47. The minimum absolute atomic E-state index is 0.00987. The van der Waals surface area contributed by atoms with Crippen molar-refractivity contribution in [1.29, 1.82) is 0 Å². The molecule has 1 rings (SSSR count). The van der Waals surface area contributed by atoms with Crippen LogP contribution >= 0.6 is 0 Å². The average Bonchev–Trinajstić information content (AvgIpc) is 2.34. The maximum atomic E-state index is 10.8. The number of benzene rings is 1. The van der Waals surface area contributed by atoms with E-state index in [-0.39, 0.29) is 18.0 Å². The van der Waals surface area contributed by atoms with Gasteiger partial charge in [0, 0.05) is 6.42 Å². The van der Waals surface area contributed by atoms with Crippen LogP contribution in [0.4, 0.5) is 0 Å². The fourth-order valence-corrected chi connectivity index (χ4v) is 1.30. The lowest BCUT2D eigenvalue weighted by Crippen LogP contribution is -2.08. The van der Waals surface area contributed by atoms with Crippen LogP contribution in [0.1, 0.15) is 18.9 Å². The van der Waals surface area contributed by atoms with Gasteiger partial charge in [-0.25, -0.2) is 4.79 Å². The van der Waals surface area contributed by atoms with Gasteiger partial charge in [0.05, 0.1) is 5.57 Å². The molecule has 18 heavy (non-hydrogen) atoms. The largest absolute Gasteiger partial charge is 0.489 e. The molecule has 0 unspecified atom stereocenters. The Hall–Kier alpha value is -2.10. The average molecular weight is 248 g/mol. The van der Waals surface area contributed by atoms with Crippen molar-refractivity contribution in [3.05, 3.63) is 42.0 Å². The van der Waals surface area contributed by atoms with Crippen LogP contribution < -0.4 is 4.74 Å². The Labute approximate surface area is 106 Å². The molecule has 0 heterocycles. The molecule has 1 N–H and O–H groups in total. The Bertz CT molecular complexity index is 445. The molecule has 0 spiro atoms. The molecule has 0 amide bonds.